The molecule has 2 fully saturated rings. The van der Waals surface area contributed by atoms with E-state index in [9.17, 15) is 4.79 Å². The molecule has 1 unspecified atom stereocenters. The second-order valence-corrected chi connectivity index (χ2v) is 6.09. The third-order valence-corrected chi connectivity index (χ3v) is 4.64. The summed E-state index contributed by atoms with van der Waals surface area (Å²) in [7, 11) is 0. The molecule has 1 aliphatic carbocycles. The molecule has 0 amide bonds. The molecule has 1 aromatic heterocycles. The summed E-state index contributed by atoms with van der Waals surface area (Å²) in [6, 6.07) is 1.85. The van der Waals surface area contributed by atoms with Crippen molar-refractivity contribution in [1.29, 1.82) is 0 Å². The van der Waals surface area contributed by atoms with Gasteiger partial charge in [0.25, 0.3) is 0 Å². The first-order valence-electron chi connectivity index (χ1n) is 7.42. The van der Waals surface area contributed by atoms with Crippen LogP contribution in [-0.2, 0) is 4.74 Å². The second kappa shape index (κ2) is 5.12. The highest BCUT2D eigenvalue weighted by molar-refractivity contribution is 5.97. The number of carbonyl (C=O) groups is 1. The monoisotopic (exact) mass is 262 g/mol. The van der Waals surface area contributed by atoms with Gasteiger partial charge in [0, 0.05) is 12.5 Å². The van der Waals surface area contributed by atoms with Crippen molar-refractivity contribution >= 4 is 5.78 Å². The van der Waals surface area contributed by atoms with Crippen molar-refractivity contribution in [3.8, 4) is 0 Å². The molecular formula is C16H22O3. The summed E-state index contributed by atoms with van der Waals surface area (Å²) >= 11 is 0. The van der Waals surface area contributed by atoms with Gasteiger partial charge in [-0.1, -0.05) is 19.3 Å². The van der Waals surface area contributed by atoms with Crippen molar-refractivity contribution in [1.82, 2.24) is 0 Å². The van der Waals surface area contributed by atoms with Crippen molar-refractivity contribution in [3.63, 3.8) is 0 Å². The average Bonchev–Trinajstić information content (AvgIpc) is 2.85. The van der Waals surface area contributed by atoms with Crippen LogP contribution in [0.1, 0.15) is 61.1 Å². The van der Waals surface area contributed by atoms with Crippen LogP contribution in [0.25, 0.3) is 0 Å². The molecule has 3 nitrogen and oxygen atoms in total. The number of carbonyl (C=O) groups excluding carboxylic acids is 1. The fourth-order valence-corrected chi connectivity index (χ4v) is 3.60. The van der Waals surface area contributed by atoms with Gasteiger partial charge in [0.1, 0.15) is 12.0 Å². The molecular weight excluding hydrogens is 240 g/mol. The standard InChI is InChI=1S/C16H22O3/c1-12-9-14(11-18-12)15(17)13-5-8-19-16(10-13)6-3-2-4-7-16/h9,11,13H,2-8,10H2,1H3. The third-order valence-electron chi connectivity index (χ3n) is 4.64. The highest BCUT2D eigenvalue weighted by Gasteiger charge is 2.40. The molecule has 0 N–H and O–H groups in total. The lowest BCUT2D eigenvalue weighted by Gasteiger charge is -2.43. The number of hydrogen-bond donors (Lipinski definition) is 0. The van der Waals surface area contributed by atoms with E-state index in [2.05, 4.69) is 0 Å². The number of ether oxygens (including phenoxy) is 1. The maximum Gasteiger partial charge on any atom is 0.169 e. The first-order valence-corrected chi connectivity index (χ1v) is 7.42. The van der Waals surface area contributed by atoms with Crippen LogP contribution in [0.5, 0.6) is 0 Å². The van der Waals surface area contributed by atoms with Crippen molar-refractivity contribution in [2.75, 3.05) is 6.61 Å². The molecule has 0 aromatic carbocycles. The molecule has 104 valence electrons. The van der Waals surface area contributed by atoms with E-state index in [0.717, 1.165) is 43.6 Å². The summed E-state index contributed by atoms with van der Waals surface area (Å²) in [5.41, 5.74) is 0.727. The summed E-state index contributed by atoms with van der Waals surface area (Å²) in [6.45, 7) is 2.61. The Morgan fingerprint density at radius 1 is 1.32 bits per heavy atom. The molecule has 1 aromatic rings. The Morgan fingerprint density at radius 2 is 2.11 bits per heavy atom. The zero-order valence-electron chi connectivity index (χ0n) is 11.6. The van der Waals surface area contributed by atoms with Crippen molar-refractivity contribution < 1.29 is 13.9 Å². The Kier molecular flexibility index (Phi) is 3.48. The van der Waals surface area contributed by atoms with Crippen LogP contribution in [0, 0.1) is 12.8 Å². The molecule has 0 bridgehead atoms. The minimum Gasteiger partial charge on any atom is -0.469 e. The van der Waals surface area contributed by atoms with Gasteiger partial charge in [-0.2, -0.15) is 0 Å². The summed E-state index contributed by atoms with van der Waals surface area (Å²) in [6.07, 6.45) is 9.39. The molecule has 0 radical (unpaired) electrons. The zero-order chi connectivity index (χ0) is 13.3. The van der Waals surface area contributed by atoms with Crippen molar-refractivity contribution in [2.45, 2.75) is 57.5 Å². The fraction of sp³-hybridized carbons (Fsp3) is 0.688. The Balaban J connectivity index is 1.72. The number of ketones is 1. The molecule has 19 heavy (non-hydrogen) atoms. The van der Waals surface area contributed by atoms with E-state index in [-0.39, 0.29) is 17.3 Å². The Bertz CT molecular complexity index is 449. The minimum atomic E-state index is -0.00436. The van der Waals surface area contributed by atoms with Crippen LogP contribution >= 0.6 is 0 Å². The normalized spacial score (nSPS) is 26.5. The zero-order valence-corrected chi connectivity index (χ0v) is 11.6. The van der Waals surface area contributed by atoms with Gasteiger partial charge in [-0.15, -0.1) is 0 Å². The first kappa shape index (κ1) is 12.9. The maximum atomic E-state index is 12.5. The van der Waals surface area contributed by atoms with Gasteiger partial charge in [0.15, 0.2) is 5.78 Å². The third kappa shape index (κ3) is 2.62. The molecule has 3 rings (SSSR count). The van der Waals surface area contributed by atoms with Crippen LogP contribution in [0.3, 0.4) is 0 Å². The number of hydrogen-bond acceptors (Lipinski definition) is 3. The number of aryl methyl sites for hydroxylation is 1. The van der Waals surface area contributed by atoms with Crippen molar-refractivity contribution in [2.24, 2.45) is 5.92 Å². The Labute approximate surface area is 114 Å². The van der Waals surface area contributed by atoms with Gasteiger partial charge < -0.3 is 9.15 Å². The number of Topliss-reactive ketones (excluding diaryl/α,β-unsaturated/α-hetero) is 1. The Morgan fingerprint density at radius 3 is 2.79 bits per heavy atom. The van der Waals surface area contributed by atoms with E-state index in [4.69, 9.17) is 9.15 Å². The van der Waals surface area contributed by atoms with E-state index in [1.165, 1.54) is 19.3 Å². The average molecular weight is 262 g/mol. The van der Waals surface area contributed by atoms with Crippen LogP contribution in [0.15, 0.2) is 16.7 Å². The molecule has 2 heterocycles. The fourth-order valence-electron chi connectivity index (χ4n) is 3.60. The van der Waals surface area contributed by atoms with E-state index < -0.39 is 0 Å². The quantitative estimate of drug-likeness (QED) is 0.759. The van der Waals surface area contributed by atoms with E-state index >= 15 is 0 Å². The summed E-state index contributed by atoms with van der Waals surface area (Å²) in [5, 5.41) is 0. The van der Waals surface area contributed by atoms with E-state index in [1.807, 2.05) is 13.0 Å². The van der Waals surface area contributed by atoms with E-state index in [0.29, 0.717) is 0 Å². The molecule has 1 spiro atoms. The predicted molar refractivity (Wildman–Crippen MR) is 72.3 cm³/mol. The molecule has 1 saturated carbocycles. The van der Waals surface area contributed by atoms with Crippen LogP contribution < -0.4 is 0 Å². The summed E-state index contributed by atoms with van der Waals surface area (Å²) in [4.78, 5) is 12.5. The number of rotatable bonds is 2. The Hall–Kier alpha value is -1.09. The largest absolute Gasteiger partial charge is 0.469 e. The molecule has 2 aliphatic rings. The van der Waals surface area contributed by atoms with Gasteiger partial charge in [0.2, 0.25) is 0 Å². The maximum absolute atomic E-state index is 12.5. The van der Waals surface area contributed by atoms with Gasteiger partial charge in [-0.25, -0.2) is 0 Å². The minimum absolute atomic E-state index is 0.00436. The highest BCUT2D eigenvalue weighted by Crippen LogP contribution is 2.41. The first-order chi connectivity index (χ1) is 9.19. The SMILES string of the molecule is Cc1cc(C(=O)C2CCOC3(CCCCC3)C2)co1. The lowest BCUT2D eigenvalue weighted by molar-refractivity contribution is -0.111. The molecule has 1 saturated heterocycles. The second-order valence-electron chi connectivity index (χ2n) is 6.09. The summed E-state index contributed by atoms with van der Waals surface area (Å²) in [5.74, 6) is 1.16. The van der Waals surface area contributed by atoms with Crippen LogP contribution in [-0.4, -0.2) is 18.0 Å². The topological polar surface area (TPSA) is 39.4 Å². The van der Waals surface area contributed by atoms with Gasteiger partial charge in [0.05, 0.1) is 11.2 Å². The van der Waals surface area contributed by atoms with E-state index in [1.54, 1.807) is 6.26 Å². The van der Waals surface area contributed by atoms with Crippen molar-refractivity contribution in [3.05, 3.63) is 23.7 Å². The smallest absolute Gasteiger partial charge is 0.169 e. The predicted octanol–water partition coefficient (Wildman–Crippen LogP) is 3.90. The lowest BCUT2D eigenvalue weighted by atomic mass is 9.74. The number of furan rings is 1. The highest BCUT2D eigenvalue weighted by atomic mass is 16.5. The molecule has 3 heteroatoms. The van der Waals surface area contributed by atoms with Gasteiger partial charge in [-0.05, 0) is 38.7 Å². The molecule has 1 atom stereocenters. The van der Waals surface area contributed by atoms with Gasteiger partial charge in [-0.3, -0.25) is 4.79 Å². The van der Waals surface area contributed by atoms with Crippen LogP contribution in [0.2, 0.25) is 0 Å². The molecule has 1 aliphatic heterocycles. The summed E-state index contributed by atoms with van der Waals surface area (Å²) < 4.78 is 11.3. The van der Waals surface area contributed by atoms with Gasteiger partial charge >= 0.3 is 0 Å². The lowest BCUT2D eigenvalue weighted by Crippen LogP contribution is -2.43. The van der Waals surface area contributed by atoms with Crippen LogP contribution in [0.4, 0.5) is 0 Å².